The van der Waals surface area contributed by atoms with Crippen LogP contribution in [0.3, 0.4) is 0 Å². The van der Waals surface area contributed by atoms with Crippen molar-refractivity contribution in [2.24, 2.45) is 0 Å². The second kappa shape index (κ2) is 7.31. The molecule has 21 heavy (non-hydrogen) atoms. The number of benzene rings is 1. The van der Waals surface area contributed by atoms with Gasteiger partial charge in [0.1, 0.15) is 0 Å². The molecule has 0 radical (unpaired) electrons. The average Bonchev–Trinajstić information content (AvgIpc) is 2.54. The molecule has 1 N–H and O–H groups in total. The van der Waals surface area contributed by atoms with E-state index in [1.807, 2.05) is 18.9 Å². The average molecular weight is 292 g/mol. The van der Waals surface area contributed by atoms with Gasteiger partial charge in [0.05, 0.1) is 13.7 Å². The highest BCUT2D eigenvalue weighted by Gasteiger charge is 2.24. The van der Waals surface area contributed by atoms with Crippen LogP contribution in [0.5, 0.6) is 11.5 Å². The first-order chi connectivity index (χ1) is 10.2. The summed E-state index contributed by atoms with van der Waals surface area (Å²) in [7, 11) is 3.53. The predicted molar refractivity (Wildman–Crippen MR) is 82.1 cm³/mol. The molecule has 2 rings (SSSR count). The molecule has 1 aromatic rings. The van der Waals surface area contributed by atoms with Crippen molar-refractivity contribution < 1.29 is 14.3 Å². The summed E-state index contributed by atoms with van der Waals surface area (Å²) in [5.41, 5.74) is 0.645. The Balaban J connectivity index is 2.15. The summed E-state index contributed by atoms with van der Waals surface area (Å²) in [5, 5.41) is 3.25. The van der Waals surface area contributed by atoms with Gasteiger partial charge in [-0.2, -0.15) is 0 Å². The number of amides is 1. The summed E-state index contributed by atoms with van der Waals surface area (Å²) in [6.45, 7) is 4.06. The number of carbonyl (C=O) groups is 1. The van der Waals surface area contributed by atoms with Crippen molar-refractivity contribution in [2.75, 3.05) is 33.9 Å². The van der Waals surface area contributed by atoms with Crippen molar-refractivity contribution in [3.05, 3.63) is 23.8 Å². The van der Waals surface area contributed by atoms with Crippen LogP contribution in [0.25, 0.3) is 0 Å². The zero-order chi connectivity index (χ0) is 15.2. The lowest BCUT2D eigenvalue weighted by molar-refractivity contribution is 0.0698. The fourth-order valence-corrected chi connectivity index (χ4v) is 2.66. The Morgan fingerprint density at radius 2 is 2.24 bits per heavy atom. The quantitative estimate of drug-likeness (QED) is 0.901. The van der Waals surface area contributed by atoms with Crippen molar-refractivity contribution in [2.45, 2.75) is 25.8 Å². The van der Waals surface area contributed by atoms with E-state index in [1.165, 1.54) is 0 Å². The molecule has 0 spiro atoms. The van der Waals surface area contributed by atoms with E-state index in [9.17, 15) is 4.79 Å². The molecule has 5 nitrogen and oxygen atoms in total. The SMILES string of the molecule is CCOc1ccc(C(=O)N2CCC[C@@H](NC)C2)cc1OC. The van der Waals surface area contributed by atoms with Crippen LogP contribution in [0.15, 0.2) is 18.2 Å². The van der Waals surface area contributed by atoms with Crippen molar-refractivity contribution in [1.29, 1.82) is 0 Å². The molecule has 5 heteroatoms. The van der Waals surface area contributed by atoms with Crippen molar-refractivity contribution in [3.8, 4) is 11.5 Å². The molecule has 0 unspecified atom stereocenters. The molecule has 116 valence electrons. The number of nitrogens with one attached hydrogen (secondary N) is 1. The van der Waals surface area contributed by atoms with E-state index < -0.39 is 0 Å². The minimum Gasteiger partial charge on any atom is -0.493 e. The fraction of sp³-hybridized carbons (Fsp3) is 0.562. The number of likely N-dealkylation sites (N-methyl/N-ethyl adjacent to an activating group) is 1. The first kappa shape index (κ1) is 15.6. The molecule has 1 saturated heterocycles. The maximum absolute atomic E-state index is 12.6. The number of methoxy groups -OCH3 is 1. The summed E-state index contributed by atoms with van der Waals surface area (Å²) < 4.78 is 10.8. The van der Waals surface area contributed by atoms with Crippen LogP contribution in [0.4, 0.5) is 0 Å². The fourth-order valence-electron chi connectivity index (χ4n) is 2.66. The third kappa shape index (κ3) is 3.67. The topological polar surface area (TPSA) is 50.8 Å². The number of piperidine rings is 1. The number of nitrogens with zero attached hydrogens (tertiary/aromatic N) is 1. The van der Waals surface area contributed by atoms with Gasteiger partial charge in [0, 0.05) is 24.7 Å². The van der Waals surface area contributed by atoms with Crippen LogP contribution in [-0.4, -0.2) is 50.7 Å². The largest absolute Gasteiger partial charge is 0.493 e. The molecule has 1 aliphatic rings. The monoisotopic (exact) mass is 292 g/mol. The van der Waals surface area contributed by atoms with Gasteiger partial charge in [-0.1, -0.05) is 0 Å². The first-order valence-electron chi connectivity index (χ1n) is 7.47. The summed E-state index contributed by atoms with van der Waals surface area (Å²) in [5.74, 6) is 1.32. The third-order valence-electron chi connectivity index (χ3n) is 3.83. The minimum absolute atomic E-state index is 0.0521. The molecule has 1 heterocycles. The molecule has 0 bridgehead atoms. The van der Waals surface area contributed by atoms with Gasteiger partial charge in [0.25, 0.3) is 5.91 Å². The summed E-state index contributed by atoms with van der Waals surface area (Å²) in [6.07, 6.45) is 2.15. The van der Waals surface area contributed by atoms with E-state index in [-0.39, 0.29) is 5.91 Å². The normalized spacial score (nSPS) is 18.4. The van der Waals surface area contributed by atoms with E-state index >= 15 is 0 Å². The van der Waals surface area contributed by atoms with Gasteiger partial charge in [0.15, 0.2) is 11.5 Å². The molecule has 1 aliphatic heterocycles. The molecule has 1 fully saturated rings. The molecule has 1 aromatic carbocycles. The highest BCUT2D eigenvalue weighted by molar-refractivity contribution is 5.95. The van der Waals surface area contributed by atoms with Gasteiger partial charge in [-0.05, 0) is 45.0 Å². The molecule has 1 amide bonds. The minimum atomic E-state index is 0.0521. The van der Waals surface area contributed by atoms with Gasteiger partial charge in [0.2, 0.25) is 0 Å². The zero-order valence-corrected chi connectivity index (χ0v) is 13.0. The Morgan fingerprint density at radius 1 is 1.43 bits per heavy atom. The van der Waals surface area contributed by atoms with E-state index in [4.69, 9.17) is 9.47 Å². The summed E-state index contributed by atoms with van der Waals surface area (Å²) in [6, 6.07) is 5.75. The van der Waals surface area contributed by atoms with Crippen molar-refractivity contribution >= 4 is 5.91 Å². The number of rotatable bonds is 5. The van der Waals surface area contributed by atoms with Crippen molar-refractivity contribution in [1.82, 2.24) is 10.2 Å². The molecule has 0 aromatic heterocycles. The van der Waals surface area contributed by atoms with Crippen LogP contribution < -0.4 is 14.8 Å². The Morgan fingerprint density at radius 3 is 2.90 bits per heavy atom. The maximum atomic E-state index is 12.6. The van der Waals surface area contributed by atoms with Gasteiger partial charge in [-0.15, -0.1) is 0 Å². The lowest BCUT2D eigenvalue weighted by Crippen LogP contribution is -2.46. The Hall–Kier alpha value is -1.75. The number of hydrogen-bond acceptors (Lipinski definition) is 4. The Labute approximate surface area is 126 Å². The standard InChI is InChI=1S/C16H24N2O3/c1-4-21-14-8-7-12(10-15(14)20-3)16(19)18-9-5-6-13(11-18)17-2/h7-8,10,13,17H,4-6,9,11H2,1-3H3/t13-/m1/s1. The lowest BCUT2D eigenvalue weighted by Gasteiger charge is -2.32. The van der Waals surface area contributed by atoms with Crippen LogP contribution in [0, 0.1) is 0 Å². The number of hydrogen-bond donors (Lipinski definition) is 1. The maximum Gasteiger partial charge on any atom is 0.254 e. The second-order valence-electron chi connectivity index (χ2n) is 5.18. The van der Waals surface area contributed by atoms with E-state index in [0.717, 1.165) is 25.9 Å². The van der Waals surface area contributed by atoms with E-state index in [0.29, 0.717) is 29.7 Å². The van der Waals surface area contributed by atoms with E-state index in [2.05, 4.69) is 5.32 Å². The van der Waals surface area contributed by atoms with Crippen LogP contribution in [0.2, 0.25) is 0 Å². The highest BCUT2D eigenvalue weighted by atomic mass is 16.5. The number of carbonyl (C=O) groups excluding carboxylic acids is 1. The first-order valence-corrected chi connectivity index (χ1v) is 7.47. The van der Waals surface area contributed by atoms with Gasteiger partial charge in [-0.3, -0.25) is 4.79 Å². The predicted octanol–water partition coefficient (Wildman–Crippen LogP) is 1.92. The Kier molecular flexibility index (Phi) is 5.44. The van der Waals surface area contributed by atoms with Crippen LogP contribution in [-0.2, 0) is 0 Å². The summed E-state index contributed by atoms with van der Waals surface area (Å²) in [4.78, 5) is 14.5. The van der Waals surface area contributed by atoms with Crippen LogP contribution >= 0.6 is 0 Å². The van der Waals surface area contributed by atoms with E-state index in [1.54, 1.807) is 25.3 Å². The number of ether oxygens (including phenoxy) is 2. The molecular formula is C16H24N2O3. The smallest absolute Gasteiger partial charge is 0.254 e. The second-order valence-corrected chi connectivity index (χ2v) is 5.18. The molecule has 0 aliphatic carbocycles. The molecule has 1 atom stereocenters. The highest BCUT2D eigenvalue weighted by Crippen LogP contribution is 2.28. The lowest BCUT2D eigenvalue weighted by atomic mass is 10.0. The van der Waals surface area contributed by atoms with Gasteiger partial charge in [-0.25, -0.2) is 0 Å². The number of likely N-dealkylation sites (tertiary alicyclic amines) is 1. The van der Waals surface area contributed by atoms with Crippen molar-refractivity contribution in [3.63, 3.8) is 0 Å². The molecular weight excluding hydrogens is 268 g/mol. The van der Waals surface area contributed by atoms with Gasteiger partial charge >= 0.3 is 0 Å². The third-order valence-corrected chi connectivity index (χ3v) is 3.83. The van der Waals surface area contributed by atoms with Crippen LogP contribution in [0.1, 0.15) is 30.1 Å². The molecule has 0 saturated carbocycles. The summed E-state index contributed by atoms with van der Waals surface area (Å²) >= 11 is 0. The Bertz CT molecular complexity index is 490. The zero-order valence-electron chi connectivity index (χ0n) is 13.0. The van der Waals surface area contributed by atoms with Gasteiger partial charge < -0.3 is 19.7 Å².